The Morgan fingerprint density at radius 2 is 2.07 bits per heavy atom. The number of alkyl halides is 3. The fourth-order valence-electron chi connectivity index (χ4n) is 3.77. The third kappa shape index (κ3) is 3.68. The molecule has 4 heterocycles. The summed E-state index contributed by atoms with van der Waals surface area (Å²) in [6.45, 7) is 2.54. The van der Waals surface area contributed by atoms with Crippen molar-refractivity contribution < 1.29 is 22.5 Å². The summed E-state index contributed by atoms with van der Waals surface area (Å²) in [7, 11) is 0. The van der Waals surface area contributed by atoms with Crippen LogP contribution in [0, 0.1) is 0 Å². The SMILES string of the molecule is CCc1cc(C(F)(F)F)c2c([C@H]3CCCN(C(=O)c4ccncc4)C3)noc2n1. The van der Waals surface area contributed by atoms with E-state index in [0.717, 1.165) is 6.07 Å². The number of pyridine rings is 2. The number of aryl methyl sites for hydroxylation is 1. The average Bonchev–Trinajstić information content (AvgIpc) is 3.16. The second-order valence-electron chi connectivity index (χ2n) is 7.09. The number of fused-ring (bicyclic) bond motifs is 1. The lowest BCUT2D eigenvalue weighted by atomic mass is 9.91. The van der Waals surface area contributed by atoms with E-state index in [-0.39, 0.29) is 35.2 Å². The fraction of sp³-hybridized carbons (Fsp3) is 0.400. The molecule has 9 heteroatoms. The van der Waals surface area contributed by atoms with Gasteiger partial charge < -0.3 is 9.42 Å². The van der Waals surface area contributed by atoms with Crippen LogP contribution in [0.2, 0.25) is 0 Å². The first-order valence-electron chi connectivity index (χ1n) is 9.44. The van der Waals surface area contributed by atoms with Crippen LogP contribution in [0.3, 0.4) is 0 Å². The van der Waals surface area contributed by atoms with Crippen LogP contribution in [-0.2, 0) is 12.6 Å². The molecular formula is C20H19F3N4O2. The molecular weight excluding hydrogens is 385 g/mol. The van der Waals surface area contributed by atoms with Gasteiger partial charge in [0.2, 0.25) is 0 Å². The summed E-state index contributed by atoms with van der Waals surface area (Å²) >= 11 is 0. The highest BCUT2D eigenvalue weighted by Crippen LogP contribution is 2.40. The molecule has 1 atom stereocenters. The van der Waals surface area contributed by atoms with Crippen molar-refractivity contribution in [3.63, 3.8) is 0 Å². The lowest BCUT2D eigenvalue weighted by Gasteiger charge is -2.32. The molecule has 29 heavy (non-hydrogen) atoms. The van der Waals surface area contributed by atoms with Crippen LogP contribution in [0.5, 0.6) is 0 Å². The maximum Gasteiger partial charge on any atom is 0.417 e. The van der Waals surface area contributed by atoms with Crippen molar-refractivity contribution in [3.8, 4) is 0 Å². The Kier molecular flexibility index (Phi) is 4.97. The maximum atomic E-state index is 13.7. The minimum atomic E-state index is -4.55. The van der Waals surface area contributed by atoms with Crippen molar-refractivity contribution in [3.05, 3.63) is 53.1 Å². The van der Waals surface area contributed by atoms with Gasteiger partial charge in [-0.1, -0.05) is 12.1 Å². The Morgan fingerprint density at radius 3 is 2.76 bits per heavy atom. The van der Waals surface area contributed by atoms with Crippen molar-refractivity contribution in [2.75, 3.05) is 13.1 Å². The lowest BCUT2D eigenvalue weighted by molar-refractivity contribution is -0.136. The minimum Gasteiger partial charge on any atom is -0.338 e. The highest BCUT2D eigenvalue weighted by Gasteiger charge is 2.38. The summed E-state index contributed by atoms with van der Waals surface area (Å²) in [5, 5.41) is 3.85. The van der Waals surface area contributed by atoms with E-state index in [1.165, 1.54) is 12.4 Å². The Morgan fingerprint density at radius 1 is 1.31 bits per heavy atom. The molecule has 6 nitrogen and oxygen atoms in total. The van der Waals surface area contributed by atoms with E-state index in [1.807, 2.05) is 0 Å². The van der Waals surface area contributed by atoms with E-state index in [4.69, 9.17) is 4.52 Å². The van der Waals surface area contributed by atoms with E-state index >= 15 is 0 Å². The molecule has 0 N–H and O–H groups in total. The molecule has 0 bridgehead atoms. The first kappa shape index (κ1) is 19.4. The first-order chi connectivity index (χ1) is 13.9. The van der Waals surface area contributed by atoms with Gasteiger partial charge in [0.05, 0.1) is 16.6 Å². The van der Waals surface area contributed by atoms with Gasteiger partial charge in [-0.3, -0.25) is 9.78 Å². The van der Waals surface area contributed by atoms with Gasteiger partial charge in [-0.05, 0) is 37.5 Å². The van der Waals surface area contributed by atoms with Gasteiger partial charge in [0.15, 0.2) is 0 Å². The van der Waals surface area contributed by atoms with E-state index in [1.54, 1.807) is 24.0 Å². The molecule has 152 valence electrons. The van der Waals surface area contributed by atoms with Crippen LogP contribution in [0.15, 0.2) is 35.1 Å². The molecule has 3 aromatic heterocycles. The Balaban J connectivity index is 1.70. The maximum absolute atomic E-state index is 13.7. The van der Waals surface area contributed by atoms with Gasteiger partial charge in [0.1, 0.15) is 0 Å². The molecule has 0 radical (unpaired) electrons. The summed E-state index contributed by atoms with van der Waals surface area (Å²) in [4.78, 5) is 22.5. The Labute approximate surface area is 164 Å². The number of nitrogens with zero attached hydrogens (tertiary/aromatic N) is 4. The molecule has 1 aliphatic rings. The molecule has 0 saturated carbocycles. The number of carbonyl (C=O) groups is 1. The predicted octanol–water partition coefficient (Wildman–Crippen LogP) is 4.22. The number of piperidine rings is 1. The number of halogens is 3. The number of rotatable bonds is 3. The number of hydrogen-bond acceptors (Lipinski definition) is 5. The fourth-order valence-corrected chi connectivity index (χ4v) is 3.77. The molecule has 1 amide bonds. The van der Waals surface area contributed by atoms with Crippen molar-refractivity contribution >= 4 is 17.0 Å². The zero-order chi connectivity index (χ0) is 20.6. The van der Waals surface area contributed by atoms with Crippen LogP contribution in [-0.4, -0.2) is 39.0 Å². The molecule has 4 rings (SSSR count). The average molecular weight is 404 g/mol. The number of likely N-dealkylation sites (tertiary alicyclic amines) is 1. The standard InChI is InChI=1S/C20H19F3N4O2/c1-2-14-10-15(20(21,22)23)16-17(26-29-18(16)25-14)13-4-3-9-27(11-13)19(28)12-5-7-24-8-6-12/h5-8,10,13H,2-4,9,11H2,1H3/t13-/m0/s1. The zero-order valence-corrected chi connectivity index (χ0v) is 15.7. The van der Waals surface area contributed by atoms with E-state index < -0.39 is 11.7 Å². The number of aromatic nitrogens is 3. The van der Waals surface area contributed by atoms with Crippen molar-refractivity contribution in [1.29, 1.82) is 0 Å². The summed E-state index contributed by atoms with van der Waals surface area (Å²) in [5.74, 6) is -0.529. The molecule has 0 spiro atoms. The van der Waals surface area contributed by atoms with Gasteiger partial charge in [-0.15, -0.1) is 0 Å². The second kappa shape index (κ2) is 7.46. The molecule has 1 aliphatic heterocycles. The third-order valence-electron chi connectivity index (χ3n) is 5.22. The molecule has 0 aromatic carbocycles. The topological polar surface area (TPSA) is 72.1 Å². The van der Waals surface area contributed by atoms with E-state index in [2.05, 4.69) is 15.1 Å². The Bertz CT molecular complexity index is 1030. The normalized spacial score (nSPS) is 17.7. The van der Waals surface area contributed by atoms with Crippen LogP contribution in [0.25, 0.3) is 11.1 Å². The summed E-state index contributed by atoms with van der Waals surface area (Å²) < 4.78 is 46.3. The van der Waals surface area contributed by atoms with Gasteiger partial charge >= 0.3 is 6.18 Å². The van der Waals surface area contributed by atoms with Crippen LogP contribution in [0.4, 0.5) is 13.2 Å². The highest BCUT2D eigenvalue weighted by molar-refractivity contribution is 5.94. The number of hydrogen-bond donors (Lipinski definition) is 0. The van der Waals surface area contributed by atoms with Gasteiger partial charge in [0, 0.05) is 42.7 Å². The minimum absolute atomic E-state index is 0.0992. The molecule has 1 saturated heterocycles. The summed E-state index contributed by atoms with van der Waals surface area (Å²) in [6, 6.07) is 4.30. The number of carbonyl (C=O) groups excluding carboxylic acids is 1. The quantitative estimate of drug-likeness (QED) is 0.654. The monoisotopic (exact) mass is 404 g/mol. The Hall–Kier alpha value is -2.97. The lowest BCUT2D eigenvalue weighted by Crippen LogP contribution is -2.39. The van der Waals surface area contributed by atoms with E-state index in [0.29, 0.717) is 37.1 Å². The van der Waals surface area contributed by atoms with Gasteiger partial charge in [-0.25, -0.2) is 4.98 Å². The molecule has 3 aromatic rings. The van der Waals surface area contributed by atoms with E-state index in [9.17, 15) is 18.0 Å². The smallest absolute Gasteiger partial charge is 0.338 e. The van der Waals surface area contributed by atoms with Crippen LogP contribution < -0.4 is 0 Å². The second-order valence-corrected chi connectivity index (χ2v) is 7.09. The van der Waals surface area contributed by atoms with Crippen LogP contribution in [0.1, 0.15) is 53.0 Å². The van der Waals surface area contributed by atoms with Crippen LogP contribution >= 0.6 is 0 Å². The zero-order valence-electron chi connectivity index (χ0n) is 15.7. The van der Waals surface area contributed by atoms with Gasteiger partial charge in [-0.2, -0.15) is 13.2 Å². The molecule has 1 fully saturated rings. The molecule has 0 unspecified atom stereocenters. The summed E-state index contributed by atoms with van der Waals surface area (Å²) in [6.07, 6.45) is 0.157. The largest absolute Gasteiger partial charge is 0.417 e. The predicted molar refractivity (Wildman–Crippen MR) is 98.3 cm³/mol. The third-order valence-corrected chi connectivity index (χ3v) is 5.22. The molecule has 0 aliphatic carbocycles. The summed E-state index contributed by atoms with van der Waals surface area (Å²) in [5.41, 5.74) is 0.119. The highest BCUT2D eigenvalue weighted by atomic mass is 19.4. The van der Waals surface area contributed by atoms with Gasteiger partial charge in [0.25, 0.3) is 11.6 Å². The number of amides is 1. The first-order valence-corrected chi connectivity index (χ1v) is 9.44. The van der Waals surface area contributed by atoms with Crippen molar-refractivity contribution in [2.45, 2.75) is 38.3 Å². The van der Waals surface area contributed by atoms with Crippen molar-refractivity contribution in [1.82, 2.24) is 20.0 Å². The van der Waals surface area contributed by atoms with Crippen molar-refractivity contribution in [2.24, 2.45) is 0 Å².